The fourth-order valence-corrected chi connectivity index (χ4v) is 3.14. The lowest BCUT2D eigenvalue weighted by Gasteiger charge is -2.09. The molecule has 0 aliphatic carbocycles. The molecule has 1 atom stereocenters. The highest BCUT2D eigenvalue weighted by Gasteiger charge is 2.14. The predicted molar refractivity (Wildman–Crippen MR) is 97.5 cm³/mol. The van der Waals surface area contributed by atoms with E-state index < -0.39 is 9.84 Å². The zero-order valence-electron chi connectivity index (χ0n) is 12.7. The van der Waals surface area contributed by atoms with Gasteiger partial charge in [-0.1, -0.05) is 12.1 Å². The molecule has 0 saturated carbocycles. The second kappa shape index (κ2) is 8.68. The summed E-state index contributed by atoms with van der Waals surface area (Å²) in [5.41, 5.74) is 1.00. The van der Waals surface area contributed by atoms with Gasteiger partial charge in [-0.15, -0.1) is 24.0 Å². The Morgan fingerprint density at radius 3 is 2.59 bits per heavy atom. The van der Waals surface area contributed by atoms with Crippen LogP contribution in [-0.4, -0.2) is 46.4 Å². The van der Waals surface area contributed by atoms with Crippen molar-refractivity contribution in [3.05, 3.63) is 29.8 Å². The van der Waals surface area contributed by atoms with Gasteiger partial charge < -0.3 is 15.4 Å². The van der Waals surface area contributed by atoms with E-state index in [1.54, 1.807) is 12.1 Å². The first kappa shape index (κ1) is 19.2. The number of hydrogen-bond donors (Lipinski definition) is 2. The summed E-state index contributed by atoms with van der Waals surface area (Å²) in [7, 11) is -1.77. The van der Waals surface area contributed by atoms with E-state index in [4.69, 9.17) is 4.74 Å². The molecule has 0 amide bonds. The smallest absolute Gasteiger partial charge is 0.191 e. The van der Waals surface area contributed by atoms with Crippen LogP contribution in [0.3, 0.4) is 0 Å². The summed E-state index contributed by atoms with van der Waals surface area (Å²) < 4.78 is 28.8. The number of guanidine groups is 1. The number of aliphatic imine (C=N–C) groups is 1. The first-order valence-corrected chi connectivity index (χ1v) is 8.52. The molecule has 22 heavy (non-hydrogen) atoms. The topological polar surface area (TPSA) is 79.8 Å². The monoisotopic (exact) mass is 439 g/mol. The quantitative estimate of drug-likeness (QED) is 0.651. The summed E-state index contributed by atoms with van der Waals surface area (Å²) in [4.78, 5) is 4.63. The van der Waals surface area contributed by atoms with Crippen LogP contribution in [0.1, 0.15) is 12.5 Å². The summed E-state index contributed by atoms with van der Waals surface area (Å²) in [6.45, 7) is 3.66. The van der Waals surface area contributed by atoms with E-state index in [0.29, 0.717) is 17.5 Å². The molecular formula is C14H22IN3O3S. The van der Waals surface area contributed by atoms with Crippen LogP contribution in [0.2, 0.25) is 0 Å². The van der Waals surface area contributed by atoms with Crippen molar-refractivity contribution in [2.24, 2.45) is 4.99 Å². The molecule has 2 rings (SSSR count). The van der Waals surface area contributed by atoms with Crippen LogP contribution in [-0.2, 0) is 21.1 Å². The average Bonchev–Trinajstić information content (AvgIpc) is 2.89. The molecule has 0 fully saturated rings. The Hall–Kier alpha value is -0.870. The highest BCUT2D eigenvalue weighted by Crippen LogP contribution is 2.12. The van der Waals surface area contributed by atoms with E-state index in [2.05, 4.69) is 22.5 Å². The van der Waals surface area contributed by atoms with Crippen LogP contribution in [0.4, 0.5) is 0 Å². The number of halogens is 1. The molecule has 0 radical (unpaired) electrons. The fourth-order valence-electron chi connectivity index (χ4n) is 1.97. The standard InChI is InChI=1S/C14H21N3O3S.HI/c1-11-9-15-14(17-11)16-10-12-3-5-13(6-4-12)21(18,19)8-7-20-2;/h3-6,11H,7-10H2,1-2H3,(H2,15,16,17);1H. The van der Waals surface area contributed by atoms with Crippen LogP contribution in [0.25, 0.3) is 0 Å². The van der Waals surface area contributed by atoms with E-state index in [0.717, 1.165) is 18.1 Å². The molecule has 1 unspecified atom stereocenters. The second-order valence-electron chi connectivity index (χ2n) is 5.04. The molecule has 1 heterocycles. The summed E-state index contributed by atoms with van der Waals surface area (Å²) >= 11 is 0. The molecular weight excluding hydrogens is 417 g/mol. The molecule has 1 aliphatic heterocycles. The van der Waals surface area contributed by atoms with Gasteiger partial charge >= 0.3 is 0 Å². The SMILES string of the molecule is COCCS(=O)(=O)c1ccc(CNC2=NCC(C)N2)cc1.I. The molecule has 6 nitrogen and oxygen atoms in total. The van der Waals surface area contributed by atoms with Crippen LogP contribution < -0.4 is 10.6 Å². The molecule has 1 aromatic carbocycles. The Morgan fingerprint density at radius 1 is 1.36 bits per heavy atom. The minimum Gasteiger partial charge on any atom is -0.384 e. The van der Waals surface area contributed by atoms with E-state index in [1.807, 2.05) is 12.1 Å². The van der Waals surface area contributed by atoms with Crippen molar-refractivity contribution in [2.45, 2.75) is 24.4 Å². The van der Waals surface area contributed by atoms with Gasteiger partial charge in [0.05, 0.1) is 23.8 Å². The third-order valence-electron chi connectivity index (χ3n) is 3.20. The van der Waals surface area contributed by atoms with Crippen molar-refractivity contribution in [1.82, 2.24) is 10.6 Å². The van der Waals surface area contributed by atoms with E-state index in [9.17, 15) is 8.42 Å². The minimum atomic E-state index is -3.26. The normalized spacial score (nSPS) is 17.4. The summed E-state index contributed by atoms with van der Waals surface area (Å²) in [5, 5.41) is 6.40. The Labute approximate surface area is 148 Å². The van der Waals surface area contributed by atoms with Crippen molar-refractivity contribution in [3.63, 3.8) is 0 Å². The zero-order valence-corrected chi connectivity index (χ0v) is 15.9. The largest absolute Gasteiger partial charge is 0.384 e. The van der Waals surface area contributed by atoms with Crippen molar-refractivity contribution in [1.29, 1.82) is 0 Å². The zero-order chi connectivity index (χ0) is 15.3. The van der Waals surface area contributed by atoms with Crippen molar-refractivity contribution >= 4 is 39.8 Å². The second-order valence-corrected chi connectivity index (χ2v) is 7.15. The average molecular weight is 439 g/mol. The first-order valence-electron chi connectivity index (χ1n) is 6.87. The molecule has 1 aromatic rings. The van der Waals surface area contributed by atoms with Gasteiger partial charge in [0.1, 0.15) is 0 Å². The van der Waals surface area contributed by atoms with Crippen molar-refractivity contribution in [3.8, 4) is 0 Å². The third kappa shape index (κ3) is 5.40. The number of rotatable bonds is 6. The highest BCUT2D eigenvalue weighted by atomic mass is 127. The fraction of sp³-hybridized carbons (Fsp3) is 0.500. The summed E-state index contributed by atoms with van der Waals surface area (Å²) in [6, 6.07) is 7.25. The number of benzene rings is 1. The molecule has 1 aliphatic rings. The number of nitrogens with zero attached hydrogens (tertiary/aromatic N) is 1. The van der Waals surface area contributed by atoms with E-state index >= 15 is 0 Å². The third-order valence-corrected chi connectivity index (χ3v) is 4.90. The number of sulfone groups is 1. The Kier molecular flexibility index (Phi) is 7.57. The lowest BCUT2D eigenvalue weighted by atomic mass is 10.2. The van der Waals surface area contributed by atoms with E-state index in [-0.39, 0.29) is 36.3 Å². The number of nitrogens with one attached hydrogen (secondary N) is 2. The van der Waals surface area contributed by atoms with Crippen LogP contribution in [0.15, 0.2) is 34.2 Å². The number of ether oxygens (including phenoxy) is 1. The molecule has 8 heteroatoms. The van der Waals surface area contributed by atoms with Gasteiger partial charge in [-0.05, 0) is 24.6 Å². The molecule has 2 N–H and O–H groups in total. The molecule has 0 aromatic heterocycles. The maximum Gasteiger partial charge on any atom is 0.191 e. The minimum absolute atomic E-state index is 0. The first-order chi connectivity index (χ1) is 10.0. The summed E-state index contributed by atoms with van der Waals surface area (Å²) in [6.07, 6.45) is 0. The molecule has 124 valence electrons. The lowest BCUT2D eigenvalue weighted by Crippen LogP contribution is -2.37. The van der Waals surface area contributed by atoms with Gasteiger partial charge in [0.2, 0.25) is 0 Å². The van der Waals surface area contributed by atoms with Gasteiger partial charge in [0.25, 0.3) is 0 Å². The molecule has 0 spiro atoms. The van der Waals surface area contributed by atoms with Gasteiger partial charge in [-0.25, -0.2) is 8.42 Å². The number of methoxy groups -OCH3 is 1. The van der Waals surface area contributed by atoms with Crippen molar-refractivity contribution < 1.29 is 13.2 Å². The Morgan fingerprint density at radius 2 is 2.05 bits per heavy atom. The lowest BCUT2D eigenvalue weighted by molar-refractivity contribution is 0.217. The van der Waals surface area contributed by atoms with Gasteiger partial charge in [-0.3, -0.25) is 4.99 Å². The predicted octanol–water partition coefficient (Wildman–Crippen LogP) is 1.16. The Balaban J connectivity index is 0.00000242. The van der Waals surface area contributed by atoms with Crippen molar-refractivity contribution in [2.75, 3.05) is 26.0 Å². The van der Waals surface area contributed by atoms with Crippen LogP contribution >= 0.6 is 24.0 Å². The van der Waals surface area contributed by atoms with E-state index in [1.165, 1.54) is 7.11 Å². The highest BCUT2D eigenvalue weighted by molar-refractivity contribution is 14.0. The summed E-state index contributed by atoms with van der Waals surface area (Å²) in [5.74, 6) is 0.791. The van der Waals surface area contributed by atoms with Gasteiger partial charge in [-0.2, -0.15) is 0 Å². The van der Waals surface area contributed by atoms with Gasteiger partial charge in [0, 0.05) is 19.7 Å². The molecule has 0 bridgehead atoms. The van der Waals surface area contributed by atoms with Crippen LogP contribution in [0.5, 0.6) is 0 Å². The van der Waals surface area contributed by atoms with Crippen LogP contribution in [0, 0.1) is 0 Å². The van der Waals surface area contributed by atoms with Gasteiger partial charge in [0.15, 0.2) is 15.8 Å². The molecule has 0 saturated heterocycles. The maximum absolute atomic E-state index is 12.0. The maximum atomic E-state index is 12.0. The Bertz CT molecular complexity index is 602. The number of hydrogen-bond acceptors (Lipinski definition) is 6.